The van der Waals surface area contributed by atoms with Crippen LogP contribution in [0.25, 0.3) is 0 Å². The number of carbonyl (C=O) groups is 1. The highest BCUT2D eigenvalue weighted by Crippen LogP contribution is 2.10. The molecule has 0 aliphatic carbocycles. The third kappa shape index (κ3) is 5.38. The molecule has 0 aromatic heterocycles. The second-order valence-corrected chi connectivity index (χ2v) is 6.52. The summed E-state index contributed by atoms with van der Waals surface area (Å²) in [5.41, 5.74) is 0.691. The molecule has 2 rings (SSSR count). The quantitative estimate of drug-likeness (QED) is 0.710. The van der Waals surface area contributed by atoms with Crippen LogP contribution in [0.5, 0.6) is 0 Å². The van der Waals surface area contributed by atoms with Crippen LogP contribution < -0.4 is 5.32 Å². The van der Waals surface area contributed by atoms with Crippen molar-refractivity contribution in [3.63, 3.8) is 0 Å². The van der Waals surface area contributed by atoms with E-state index >= 15 is 0 Å². The maximum absolute atomic E-state index is 11.8. The molecule has 0 spiro atoms. The van der Waals surface area contributed by atoms with E-state index in [1.54, 1.807) is 0 Å². The molecule has 8 heteroatoms. The summed E-state index contributed by atoms with van der Waals surface area (Å²) in [6, 6.07) is 5.60. The van der Waals surface area contributed by atoms with E-state index in [9.17, 15) is 13.2 Å². The molecular formula is C14H20N2O5S. The van der Waals surface area contributed by atoms with Crippen molar-refractivity contribution >= 4 is 16.0 Å². The van der Waals surface area contributed by atoms with Gasteiger partial charge in [0.25, 0.3) is 10.1 Å². The van der Waals surface area contributed by atoms with Gasteiger partial charge in [-0.3, -0.25) is 14.2 Å². The van der Waals surface area contributed by atoms with Gasteiger partial charge in [0.05, 0.1) is 24.5 Å². The molecular weight excluding hydrogens is 308 g/mol. The van der Waals surface area contributed by atoms with Gasteiger partial charge in [0, 0.05) is 26.2 Å². The van der Waals surface area contributed by atoms with Crippen LogP contribution in [-0.2, 0) is 26.1 Å². The summed E-state index contributed by atoms with van der Waals surface area (Å²) >= 11 is 0. The molecule has 0 saturated carbocycles. The van der Waals surface area contributed by atoms with Gasteiger partial charge in [-0.2, -0.15) is 8.42 Å². The zero-order chi connectivity index (χ0) is 16.0. The zero-order valence-electron chi connectivity index (χ0n) is 12.2. The predicted octanol–water partition coefficient (Wildman–Crippen LogP) is -0.0758. The summed E-state index contributed by atoms with van der Waals surface area (Å²) in [6.45, 7) is 4.58. The van der Waals surface area contributed by atoms with E-state index in [0.29, 0.717) is 12.1 Å². The third-order valence-electron chi connectivity index (χ3n) is 3.44. The summed E-state index contributed by atoms with van der Waals surface area (Å²) in [7, 11) is -4.19. The molecule has 0 unspecified atom stereocenters. The van der Waals surface area contributed by atoms with Gasteiger partial charge < -0.3 is 10.1 Å². The number of benzene rings is 1. The number of ether oxygens (including phenoxy) is 1. The first-order valence-corrected chi connectivity index (χ1v) is 8.52. The van der Waals surface area contributed by atoms with Gasteiger partial charge in [-0.05, 0) is 17.7 Å². The number of hydrogen-bond donors (Lipinski definition) is 2. The van der Waals surface area contributed by atoms with Crippen LogP contribution in [-0.4, -0.2) is 63.2 Å². The number of nitrogens with one attached hydrogen (secondary N) is 1. The summed E-state index contributed by atoms with van der Waals surface area (Å²) < 4.78 is 36.0. The first kappa shape index (κ1) is 16.9. The van der Waals surface area contributed by atoms with Crippen LogP contribution in [0.1, 0.15) is 5.56 Å². The molecule has 7 nitrogen and oxygen atoms in total. The standard InChI is InChI=1S/C14H20N2O5S/c17-14(15-5-6-16-7-9-21-10-8-16)11-12-1-3-13(4-2-12)22(18,19)20/h1-4H,5-11H2,(H,15,17)(H,18,19,20). The molecule has 1 aromatic rings. The molecule has 0 atom stereocenters. The van der Waals surface area contributed by atoms with Gasteiger partial charge in [0.15, 0.2) is 0 Å². The Hall–Kier alpha value is -1.48. The van der Waals surface area contributed by atoms with E-state index in [0.717, 1.165) is 32.8 Å². The van der Waals surface area contributed by atoms with Crippen LogP contribution in [0.15, 0.2) is 29.2 Å². The second-order valence-electron chi connectivity index (χ2n) is 5.10. The fourth-order valence-electron chi connectivity index (χ4n) is 2.21. The van der Waals surface area contributed by atoms with Gasteiger partial charge in [0.2, 0.25) is 5.91 Å². The highest BCUT2D eigenvalue weighted by atomic mass is 32.2. The van der Waals surface area contributed by atoms with Crippen molar-refractivity contribution < 1.29 is 22.5 Å². The topological polar surface area (TPSA) is 95.9 Å². The van der Waals surface area contributed by atoms with Gasteiger partial charge in [-0.25, -0.2) is 0 Å². The SMILES string of the molecule is O=C(Cc1ccc(S(=O)(=O)O)cc1)NCCN1CCOCC1. The predicted molar refractivity (Wildman–Crippen MR) is 80.2 cm³/mol. The van der Waals surface area contributed by atoms with Crippen LogP contribution in [0, 0.1) is 0 Å². The van der Waals surface area contributed by atoms with E-state index < -0.39 is 10.1 Å². The van der Waals surface area contributed by atoms with Crippen molar-refractivity contribution in [1.82, 2.24) is 10.2 Å². The van der Waals surface area contributed by atoms with Crippen molar-refractivity contribution in [3.8, 4) is 0 Å². The summed E-state index contributed by atoms with van der Waals surface area (Å²) in [6.07, 6.45) is 0.175. The molecule has 0 radical (unpaired) electrons. The molecule has 1 aliphatic rings. The molecule has 1 amide bonds. The van der Waals surface area contributed by atoms with Gasteiger partial charge >= 0.3 is 0 Å². The molecule has 1 heterocycles. The van der Waals surface area contributed by atoms with Crippen molar-refractivity contribution in [1.29, 1.82) is 0 Å². The van der Waals surface area contributed by atoms with Crippen LogP contribution in [0.2, 0.25) is 0 Å². The van der Waals surface area contributed by atoms with E-state index in [4.69, 9.17) is 9.29 Å². The van der Waals surface area contributed by atoms with Crippen molar-refractivity contribution in [2.75, 3.05) is 39.4 Å². The molecule has 1 aromatic carbocycles. The first-order valence-electron chi connectivity index (χ1n) is 7.08. The maximum Gasteiger partial charge on any atom is 0.294 e. The normalized spacial score (nSPS) is 16.4. The number of morpholine rings is 1. The smallest absolute Gasteiger partial charge is 0.294 e. The molecule has 22 heavy (non-hydrogen) atoms. The van der Waals surface area contributed by atoms with E-state index in [1.165, 1.54) is 24.3 Å². The number of hydrogen-bond acceptors (Lipinski definition) is 5. The highest BCUT2D eigenvalue weighted by molar-refractivity contribution is 7.85. The Morgan fingerprint density at radius 1 is 1.23 bits per heavy atom. The Kier molecular flexibility index (Phi) is 5.90. The monoisotopic (exact) mass is 328 g/mol. The molecule has 2 N–H and O–H groups in total. The Morgan fingerprint density at radius 3 is 2.45 bits per heavy atom. The fraction of sp³-hybridized carbons (Fsp3) is 0.500. The number of amides is 1. The lowest BCUT2D eigenvalue weighted by atomic mass is 10.1. The zero-order valence-corrected chi connectivity index (χ0v) is 13.0. The minimum atomic E-state index is -4.19. The molecule has 1 fully saturated rings. The van der Waals surface area contributed by atoms with Gasteiger partial charge in [-0.15, -0.1) is 0 Å². The Labute approximate surface area is 130 Å². The largest absolute Gasteiger partial charge is 0.379 e. The summed E-state index contributed by atoms with van der Waals surface area (Å²) in [5, 5.41) is 2.83. The minimum Gasteiger partial charge on any atom is -0.379 e. The van der Waals surface area contributed by atoms with E-state index in [1.807, 2.05) is 0 Å². The van der Waals surface area contributed by atoms with Crippen molar-refractivity contribution in [2.24, 2.45) is 0 Å². The average Bonchev–Trinajstić information content (AvgIpc) is 2.48. The minimum absolute atomic E-state index is 0.118. The number of nitrogens with zero attached hydrogens (tertiary/aromatic N) is 1. The van der Waals surface area contributed by atoms with E-state index in [-0.39, 0.29) is 17.2 Å². The van der Waals surface area contributed by atoms with Crippen molar-refractivity contribution in [3.05, 3.63) is 29.8 Å². The van der Waals surface area contributed by atoms with Crippen molar-refractivity contribution in [2.45, 2.75) is 11.3 Å². The number of rotatable bonds is 6. The number of carbonyl (C=O) groups excluding carboxylic acids is 1. The highest BCUT2D eigenvalue weighted by Gasteiger charge is 2.11. The Morgan fingerprint density at radius 2 is 1.86 bits per heavy atom. The third-order valence-corrected chi connectivity index (χ3v) is 4.31. The summed E-state index contributed by atoms with van der Waals surface area (Å²) in [5.74, 6) is -0.118. The molecule has 0 bridgehead atoms. The summed E-state index contributed by atoms with van der Waals surface area (Å²) in [4.78, 5) is 13.9. The Balaban J connectivity index is 1.74. The van der Waals surface area contributed by atoms with Crippen LogP contribution in [0.4, 0.5) is 0 Å². The molecule has 122 valence electrons. The first-order chi connectivity index (χ1) is 10.4. The maximum atomic E-state index is 11.8. The second kappa shape index (κ2) is 7.68. The average molecular weight is 328 g/mol. The fourth-order valence-corrected chi connectivity index (χ4v) is 2.69. The Bertz CT molecular complexity index is 594. The molecule has 1 aliphatic heterocycles. The lowest BCUT2D eigenvalue weighted by molar-refractivity contribution is -0.120. The van der Waals surface area contributed by atoms with Crippen LogP contribution >= 0.6 is 0 Å². The lowest BCUT2D eigenvalue weighted by Crippen LogP contribution is -2.41. The van der Waals surface area contributed by atoms with Gasteiger partial charge in [0.1, 0.15) is 0 Å². The van der Waals surface area contributed by atoms with E-state index in [2.05, 4.69) is 10.2 Å². The lowest BCUT2D eigenvalue weighted by Gasteiger charge is -2.26. The van der Waals surface area contributed by atoms with Gasteiger partial charge in [-0.1, -0.05) is 12.1 Å². The molecule has 1 saturated heterocycles. The van der Waals surface area contributed by atoms with Crippen LogP contribution in [0.3, 0.4) is 0 Å².